The van der Waals surface area contributed by atoms with Gasteiger partial charge in [0.05, 0.1) is 16.6 Å². The van der Waals surface area contributed by atoms with E-state index in [4.69, 9.17) is 34.1 Å². The van der Waals surface area contributed by atoms with Gasteiger partial charge in [0.25, 0.3) is 0 Å². The van der Waals surface area contributed by atoms with Gasteiger partial charge in [-0.3, -0.25) is 0 Å². The quantitative estimate of drug-likeness (QED) is 0.254. The summed E-state index contributed by atoms with van der Waals surface area (Å²) in [7, 11) is 0. The maximum atomic E-state index is 13.0. The highest BCUT2D eigenvalue weighted by atomic mass is 35.5. The van der Waals surface area contributed by atoms with Crippen molar-refractivity contribution in [2.75, 3.05) is 11.9 Å². The Kier molecular flexibility index (Phi) is 3.99. The lowest BCUT2D eigenvalue weighted by Crippen LogP contribution is -2.22. The van der Waals surface area contributed by atoms with Gasteiger partial charge in [0.2, 0.25) is 0 Å². The van der Waals surface area contributed by atoms with Crippen LogP contribution in [0.15, 0.2) is 17.3 Å². The molecule has 4 nitrogen and oxygen atoms in total. The summed E-state index contributed by atoms with van der Waals surface area (Å²) in [4.78, 5) is 0. The van der Waals surface area contributed by atoms with Crippen LogP contribution >= 0.6 is 23.2 Å². The molecular weight excluding hydrogens is 244 g/mol. The number of nitrogens with two attached hydrogens (primary N) is 1. The number of amidine groups is 1. The second-order valence-electron chi connectivity index (χ2n) is 2.70. The molecule has 0 unspecified atom stereocenters. The first-order valence-corrected chi connectivity index (χ1v) is 4.65. The highest BCUT2D eigenvalue weighted by Crippen LogP contribution is 2.27. The number of nitrogens with one attached hydrogen (secondary N) is 1. The highest BCUT2D eigenvalue weighted by Gasteiger charge is 2.07. The smallest absolute Gasteiger partial charge is 0.160 e. The Morgan fingerprint density at radius 2 is 2.00 bits per heavy atom. The summed E-state index contributed by atoms with van der Waals surface area (Å²) in [5.41, 5.74) is 5.71. The molecule has 0 aliphatic rings. The molecule has 15 heavy (non-hydrogen) atoms. The molecule has 1 aromatic carbocycles. The van der Waals surface area contributed by atoms with E-state index in [1.807, 2.05) is 0 Å². The molecule has 4 N–H and O–H groups in total. The van der Waals surface area contributed by atoms with Crippen molar-refractivity contribution >= 4 is 34.7 Å². The Morgan fingerprint density at radius 1 is 1.47 bits per heavy atom. The van der Waals surface area contributed by atoms with Crippen molar-refractivity contribution in [3.05, 3.63) is 28.0 Å². The maximum absolute atomic E-state index is 13.0. The normalized spacial score (nSPS) is 11.5. The molecule has 0 saturated carbocycles. The van der Waals surface area contributed by atoms with Crippen LogP contribution < -0.4 is 11.1 Å². The molecule has 82 valence electrons. The Bertz CT molecular complexity index is 374. The molecule has 0 saturated heterocycles. The van der Waals surface area contributed by atoms with Crippen LogP contribution in [0.5, 0.6) is 0 Å². The SMILES string of the molecule is N/C(CNc1cc(Cl)c(F)c(Cl)c1)=N/O. The monoisotopic (exact) mass is 251 g/mol. The van der Waals surface area contributed by atoms with Crippen LogP contribution in [0.3, 0.4) is 0 Å². The predicted molar refractivity (Wildman–Crippen MR) is 58.3 cm³/mol. The molecule has 7 heteroatoms. The fourth-order valence-electron chi connectivity index (χ4n) is 0.886. The molecule has 0 bridgehead atoms. The Labute approximate surface area is 95.5 Å². The van der Waals surface area contributed by atoms with E-state index in [-0.39, 0.29) is 22.4 Å². The number of halogens is 3. The molecule has 0 amide bonds. The number of nitrogens with zero attached hydrogens (tertiary/aromatic N) is 1. The van der Waals surface area contributed by atoms with Gasteiger partial charge >= 0.3 is 0 Å². The first-order valence-electron chi connectivity index (χ1n) is 3.89. The fraction of sp³-hybridized carbons (Fsp3) is 0.125. The lowest BCUT2D eigenvalue weighted by molar-refractivity contribution is 0.317. The van der Waals surface area contributed by atoms with Gasteiger partial charge in [0, 0.05) is 5.69 Å². The zero-order valence-corrected chi connectivity index (χ0v) is 8.98. The minimum absolute atomic E-state index is 0.00781. The van der Waals surface area contributed by atoms with Crippen LogP contribution in [0.25, 0.3) is 0 Å². The van der Waals surface area contributed by atoms with E-state index in [1.165, 1.54) is 12.1 Å². The minimum Gasteiger partial charge on any atom is -0.409 e. The second-order valence-corrected chi connectivity index (χ2v) is 3.51. The van der Waals surface area contributed by atoms with Gasteiger partial charge < -0.3 is 16.3 Å². The first kappa shape index (κ1) is 11.9. The second kappa shape index (κ2) is 5.04. The van der Waals surface area contributed by atoms with E-state index in [9.17, 15) is 4.39 Å². The topological polar surface area (TPSA) is 70.6 Å². The molecule has 0 aliphatic heterocycles. The van der Waals surface area contributed by atoms with E-state index in [2.05, 4.69) is 10.5 Å². The standard InChI is InChI=1S/C8H8Cl2FN3O/c9-5-1-4(2-6(10)8(5)11)13-3-7(12)14-15/h1-2,13,15H,3H2,(H2,12,14). The minimum atomic E-state index is -0.673. The summed E-state index contributed by atoms with van der Waals surface area (Å²) in [6.07, 6.45) is 0. The largest absolute Gasteiger partial charge is 0.409 e. The fourth-order valence-corrected chi connectivity index (χ4v) is 1.37. The van der Waals surface area contributed by atoms with Gasteiger partial charge in [-0.15, -0.1) is 0 Å². The van der Waals surface area contributed by atoms with Crippen molar-refractivity contribution in [3.8, 4) is 0 Å². The Hall–Kier alpha value is -1.20. The van der Waals surface area contributed by atoms with Crippen LogP contribution in [-0.4, -0.2) is 17.6 Å². The first-order chi connectivity index (χ1) is 7.04. The van der Waals surface area contributed by atoms with Gasteiger partial charge in [0.1, 0.15) is 0 Å². The lowest BCUT2D eigenvalue weighted by Gasteiger charge is -2.07. The van der Waals surface area contributed by atoms with Gasteiger partial charge in [-0.05, 0) is 12.1 Å². The average Bonchev–Trinajstić information content (AvgIpc) is 2.22. The summed E-state index contributed by atoms with van der Waals surface area (Å²) >= 11 is 11.1. The van der Waals surface area contributed by atoms with Crippen LogP contribution in [0.4, 0.5) is 10.1 Å². The number of benzene rings is 1. The zero-order valence-electron chi connectivity index (χ0n) is 7.47. The summed E-state index contributed by atoms with van der Waals surface area (Å²) in [6.45, 7) is 0.106. The molecule has 0 spiro atoms. The molecule has 1 aromatic rings. The molecule has 1 rings (SSSR count). The number of rotatable bonds is 3. The van der Waals surface area contributed by atoms with Crippen LogP contribution in [-0.2, 0) is 0 Å². The number of hydrogen-bond acceptors (Lipinski definition) is 3. The van der Waals surface area contributed by atoms with Crippen LogP contribution in [0.2, 0.25) is 10.0 Å². The highest BCUT2D eigenvalue weighted by molar-refractivity contribution is 6.35. The molecule has 0 atom stereocenters. The number of anilines is 1. The third-order valence-electron chi connectivity index (χ3n) is 1.59. The maximum Gasteiger partial charge on any atom is 0.160 e. The van der Waals surface area contributed by atoms with Crippen molar-refractivity contribution in [1.29, 1.82) is 0 Å². The van der Waals surface area contributed by atoms with E-state index in [0.717, 1.165) is 0 Å². The molecule has 0 aliphatic carbocycles. The molecule has 0 radical (unpaired) electrons. The van der Waals surface area contributed by atoms with Crippen molar-refractivity contribution in [2.24, 2.45) is 10.9 Å². The van der Waals surface area contributed by atoms with E-state index in [1.54, 1.807) is 0 Å². The number of oxime groups is 1. The average molecular weight is 252 g/mol. The lowest BCUT2D eigenvalue weighted by atomic mass is 10.3. The van der Waals surface area contributed by atoms with Crippen molar-refractivity contribution < 1.29 is 9.60 Å². The van der Waals surface area contributed by atoms with E-state index < -0.39 is 5.82 Å². The Balaban J connectivity index is 2.79. The van der Waals surface area contributed by atoms with Gasteiger partial charge in [-0.1, -0.05) is 28.4 Å². The molecule has 0 heterocycles. The third kappa shape index (κ3) is 3.14. The van der Waals surface area contributed by atoms with Gasteiger partial charge in [-0.2, -0.15) is 0 Å². The van der Waals surface area contributed by atoms with Crippen molar-refractivity contribution in [2.45, 2.75) is 0 Å². The summed E-state index contributed by atoms with van der Waals surface area (Å²) in [5.74, 6) is -0.681. The van der Waals surface area contributed by atoms with Gasteiger partial charge in [-0.25, -0.2) is 4.39 Å². The van der Waals surface area contributed by atoms with E-state index in [0.29, 0.717) is 5.69 Å². The van der Waals surface area contributed by atoms with E-state index >= 15 is 0 Å². The van der Waals surface area contributed by atoms with Crippen LogP contribution in [0, 0.1) is 5.82 Å². The van der Waals surface area contributed by atoms with Gasteiger partial charge in [0.15, 0.2) is 11.7 Å². The van der Waals surface area contributed by atoms with Crippen LogP contribution in [0.1, 0.15) is 0 Å². The summed E-state index contributed by atoms with van der Waals surface area (Å²) in [5, 5.41) is 13.6. The summed E-state index contributed by atoms with van der Waals surface area (Å²) < 4.78 is 13.0. The van der Waals surface area contributed by atoms with Crippen molar-refractivity contribution in [3.63, 3.8) is 0 Å². The number of hydrogen-bond donors (Lipinski definition) is 3. The summed E-state index contributed by atoms with van der Waals surface area (Å²) in [6, 6.07) is 2.71. The Morgan fingerprint density at radius 3 is 2.47 bits per heavy atom. The molecule has 0 aromatic heterocycles. The molecular formula is C8H8Cl2FN3O. The third-order valence-corrected chi connectivity index (χ3v) is 2.14. The molecule has 0 fully saturated rings. The predicted octanol–water partition coefficient (Wildman–Crippen LogP) is 2.29. The zero-order chi connectivity index (χ0) is 11.4. The van der Waals surface area contributed by atoms with Crippen molar-refractivity contribution in [1.82, 2.24) is 0 Å².